The fourth-order valence-corrected chi connectivity index (χ4v) is 5.88. The third kappa shape index (κ3) is 3.03. The van der Waals surface area contributed by atoms with Gasteiger partial charge in [0, 0.05) is 37.3 Å². The average molecular weight is 430 g/mol. The first-order chi connectivity index (χ1) is 15.6. The van der Waals surface area contributed by atoms with Crippen LogP contribution in [0.2, 0.25) is 0 Å². The summed E-state index contributed by atoms with van der Waals surface area (Å²) in [6.07, 6.45) is 1.94. The molecule has 0 aliphatic carbocycles. The van der Waals surface area contributed by atoms with Gasteiger partial charge in [0.25, 0.3) is 0 Å². The molecule has 0 saturated carbocycles. The molecule has 6 rings (SSSR count). The van der Waals surface area contributed by atoms with Crippen molar-refractivity contribution >= 4 is 42.3 Å². The molecule has 2 aromatic heterocycles. The summed E-state index contributed by atoms with van der Waals surface area (Å²) >= 11 is 1.88. The topological polar surface area (TPSA) is 12.9 Å². The summed E-state index contributed by atoms with van der Waals surface area (Å²) in [5, 5.41) is 5.26. The summed E-state index contributed by atoms with van der Waals surface area (Å²) in [4.78, 5) is 4.74. The molecule has 0 aliphatic heterocycles. The van der Waals surface area contributed by atoms with Crippen LogP contribution in [0.5, 0.6) is 0 Å². The summed E-state index contributed by atoms with van der Waals surface area (Å²) in [7, 11) is 0. The molecule has 32 heavy (non-hydrogen) atoms. The van der Waals surface area contributed by atoms with Crippen molar-refractivity contribution in [2.75, 3.05) is 0 Å². The Hall–Kier alpha value is -3.49. The molecule has 1 nitrogen and oxygen atoms in total. The fraction of sp³-hybridized carbons (Fsp3) is 0.100. The molecule has 0 saturated heterocycles. The van der Waals surface area contributed by atoms with Crippen LogP contribution in [-0.4, -0.2) is 4.98 Å². The van der Waals surface area contributed by atoms with Crippen LogP contribution in [0.25, 0.3) is 42.2 Å². The molecule has 4 aromatic carbocycles. The van der Waals surface area contributed by atoms with Crippen molar-refractivity contribution < 1.29 is 0 Å². The van der Waals surface area contributed by atoms with Crippen molar-refractivity contribution in [3.05, 3.63) is 114 Å². The Labute approximate surface area is 192 Å². The minimum absolute atomic E-state index is 0.0863. The highest BCUT2D eigenvalue weighted by Crippen LogP contribution is 2.40. The van der Waals surface area contributed by atoms with Crippen molar-refractivity contribution in [3.8, 4) is 11.3 Å². The molecule has 154 valence electrons. The van der Waals surface area contributed by atoms with Gasteiger partial charge in [-0.2, -0.15) is 0 Å². The maximum absolute atomic E-state index is 4.74. The predicted octanol–water partition coefficient (Wildman–Crippen LogP) is 8.60. The van der Waals surface area contributed by atoms with Crippen LogP contribution in [0.4, 0.5) is 0 Å². The van der Waals surface area contributed by atoms with E-state index in [1.54, 1.807) is 0 Å². The zero-order chi connectivity index (χ0) is 21.7. The number of hydrogen-bond acceptors (Lipinski definition) is 2. The van der Waals surface area contributed by atoms with Gasteiger partial charge in [0.15, 0.2) is 0 Å². The molecular formula is C30H23NS. The second-order valence-electron chi connectivity index (χ2n) is 8.90. The number of nitrogens with zero attached hydrogens (tertiary/aromatic N) is 1. The van der Waals surface area contributed by atoms with E-state index in [1.807, 2.05) is 17.5 Å². The SMILES string of the molecule is CC(C)(c1ccccc1)c1ccnc(-c2ccc3sc4c5ccccc5ccc4c3c2)c1. The summed E-state index contributed by atoms with van der Waals surface area (Å²) < 4.78 is 2.68. The molecule has 0 unspecified atom stereocenters. The third-order valence-corrected chi connectivity index (χ3v) is 7.85. The van der Waals surface area contributed by atoms with Crippen molar-refractivity contribution in [2.45, 2.75) is 19.3 Å². The van der Waals surface area contributed by atoms with E-state index in [4.69, 9.17) is 4.98 Å². The highest BCUT2D eigenvalue weighted by atomic mass is 32.1. The summed E-state index contributed by atoms with van der Waals surface area (Å²) in [5.41, 5.74) is 4.68. The maximum Gasteiger partial charge on any atom is 0.0705 e. The van der Waals surface area contributed by atoms with Gasteiger partial charge in [0.2, 0.25) is 0 Å². The van der Waals surface area contributed by atoms with Gasteiger partial charge in [0.1, 0.15) is 0 Å². The van der Waals surface area contributed by atoms with Gasteiger partial charge in [-0.15, -0.1) is 11.3 Å². The average Bonchev–Trinajstić information content (AvgIpc) is 3.23. The van der Waals surface area contributed by atoms with Crippen LogP contribution >= 0.6 is 11.3 Å². The monoisotopic (exact) mass is 429 g/mol. The minimum atomic E-state index is -0.0863. The second-order valence-corrected chi connectivity index (χ2v) is 9.95. The number of fused-ring (bicyclic) bond motifs is 5. The standard InChI is InChI=1S/C30H23NS/c1-30(2,22-9-4-3-5-10-22)23-16-17-31-27(19-23)21-13-15-28-26(18-21)25-14-12-20-8-6-7-11-24(20)29(25)32-28/h3-19H,1-2H3. The number of pyridine rings is 1. The quantitative estimate of drug-likeness (QED) is 0.274. The van der Waals surface area contributed by atoms with E-state index < -0.39 is 0 Å². The van der Waals surface area contributed by atoms with Gasteiger partial charge in [-0.05, 0) is 46.2 Å². The van der Waals surface area contributed by atoms with Gasteiger partial charge in [0.05, 0.1) is 5.69 Å². The summed E-state index contributed by atoms with van der Waals surface area (Å²) in [6, 6.07) is 35.0. The molecule has 0 fully saturated rings. The molecule has 0 N–H and O–H groups in total. The van der Waals surface area contributed by atoms with Crippen molar-refractivity contribution in [2.24, 2.45) is 0 Å². The molecule has 2 heterocycles. The van der Waals surface area contributed by atoms with E-state index in [-0.39, 0.29) is 5.41 Å². The number of thiophene rings is 1. The lowest BCUT2D eigenvalue weighted by atomic mass is 9.78. The first-order valence-electron chi connectivity index (χ1n) is 11.0. The van der Waals surface area contributed by atoms with E-state index in [9.17, 15) is 0 Å². The lowest BCUT2D eigenvalue weighted by molar-refractivity contribution is 0.640. The van der Waals surface area contributed by atoms with E-state index in [2.05, 4.69) is 111 Å². The Kier molecular flexibility index (Phi) is 4.38. The Morgan fingerprint density at radius 3 is 2.34 bits per heavy atom. The van der Waals surface area contributed by atoms with Gasteiger partial charge in [-0.3, -0.25) is 4.98 Å². The Bertz CT molecular complexity index is 1590. The Morgan fingerprint density at radius 2 is 1.47 bits per heavy atom. The van der Waals surface area contributed by atoms with E-state index in [0.717, 1.165) is 11.3 Å². The van der Waals surface area contributed by atoms with E-state index in [0.29, 0.717) is 0 Å². The highest BCUT2D eigenvalue weighted by molar-refractivity contribution is 7.26. The summed E-state index contributed by atoms with van der Waals surface area (Å²) in [5.74, 6) is 0. The van der Waals surface area contributed by atoms with Crippen LogP contribution in [0.3, 0.4) is 0 Å². The van der Waals surface area contributed by atoms with Gasteiger partial charge < -0.3 is 0 Å². The van der Waals surface area contributed by atoms with Crippen molar-refractivity contribution in [1.82, 2.24) is 4.98 Å². The van der Waals surface area contributed by atoms with Crippen molar-refractivity contribution in [1.29, 1.82) is 0 Å². The molecule has 0 aliphatic rings. The zero-order valence-corrected chi connectivity index (χ0v) is 19.0. The number of rotatable bonds is 3. The first-order valence-corrected chi connectivity index (χ1v) is 11.8. The molecule has 0 spiro atoms. The van der Waals surface area contributed by atoms with Gasteiger partial charge in [-0.1, -0.05) is 86.6 Å². The number of hydrogen-bond donors (Lipinski definition) is 0. The Morgan fingerprint density at radius 1 is 0.656 bits per heavy atom. The first kappa shape index (κ1) is 19.2. The molecule has 0 bridgehead atoms. The predicted molar refractivity (Wildman–Crippen MR) is 139 cm³/mol. The second kappa shape index (κ2) is 7.29. The van der Waals surface area contributed by atoms with Crippen LogP contribution < -0.4 is 0 Å². The molecular weight excluding hydrogens is 406 g/mol. The molecule has 0 atom stereocenters. The fourth-order valence-electron chi connectivity index (χ4n) is 4.66. The highest BCUT2D eigenvalue weighted by Gasteiger charge is 2.23. The lowest BCUT2D eigenvalue weighted by Gasteiger charge is -2.26. The largest absolute Gasteiger partial charge is 0.256 e. The van der Waals surface area contributed by atoms with Crippen LogP contribution in [0.15, 0.2) is 103 Å². The van der Waals surface area contributed by atoms with Crippen LogP contribution in [0.1, 0.15) is 25.0 Å². The molecule has 0 amide bonds. The van der Waals surface area contributed by atoms with Crippen molar-refractivity contribution in [3.63, 3.8) is 0 Å². The number of aromatic nitrogens is 1. The minimum Gasteiger partial charge on any atom is -0.256 e. The molecule has 6 aromatic rings. The number of benzene rings is 4. The molecule has 2 heteroatoms. The van der Waals surface area contributed by atoms with Crippen LogP contribution in [0, 0.1) is 0 Å². The zero-order valence-electron chi connectivity index (χ0n) is 18.2. The summed E-state index contributed by atoms with van der Waals surface area (Å²) in [6.45, 7) is 4.56. The van der Waals surface area contributed by atoms with Gasteiger partial charge >= 0.3 is 0 Å². The smallest absolute Gasteiger partial charge is 0.0705 e. The van der Waals surface area contributed by atoms with Crippen LogP contribution in [-0.2, 0) is 5.41 Å². The van der Waals surface area contributed by atoms with E-state index in [1.165, 1.54) is 42.1 Å². The third-order valence-electron chi connectivity index (χ3n) is 6.63. The maximum atomic E-state index is 4.74. The lowest BCUT2D eigenvalue weighted by Crippen LogP contribution is -2.18. The van der Waals surface area contributed by atoms with E-state index >= 15 is 0 Å². The normalized spacial score (nSPS) is 12.1. The Balaban J connectivity index is 1.49. The van der Waals surface area contributed by atoms with Gasteiger partial charge in [-0.25, -0.2) is 0 Å². The molecule has 0 radical (unpaired) electrons.